The molecule has 1 aliphatic carbocycles. The summed E-state index contributed by atoms with van der Waals surface area (Å²) in [6.07, 6.45) is 4.00. The van der Waals surface area contributed by atoms with Gasteiger partial charge in [0.15, 0.2) is 0 Å². The molecule has 0 bridgehead atoms. The summed E-state index contributed by atoms with van der Waals surface area (Å²) in [6.45, 7) is 1.91. The summed E-state index contributed by atoms with van der Waals surface area (Å²) in [5.41, 5.74) is 5.73. The molecule has 1 aliphatic heterocycles. The van der Waals surface area contributed by atoms with Gasteiger partial charge in [-0.1, -0.05) is 5.16 Å². The van der Waals surface area contributed by atoms with Crippen LogP contribution in [0.2, 0.25) is 0 Å². The van der Waals surface area contributed by atoms with Crippen LogP contribution in [0.1, 0.15) is 43.5 Å². The van der Waals surface area contributed by atoms with Crippen LogP contribution in [0.3, 0.4) is 0 Å². The zero-order chi connectivity index (χ0) is 13.3. The van der Waals surface area contributed by atoms with Crippen molar-refractivity contribution in [2.24, 2.45) is 11.7 Å². The second-order valence-corrected chi connectivity index (χ2v) is 5.55. The van der Waals surface area contributed by atoms with Crippen molar-refractivity contribution in [2.75, 3.05) is 26.9 Å². The van der Waals surface area contributed by atoms with Gasteiger partial charge in [0.05, 0.1) is 5.41 Å². The molecule has 1 aromatic rings. The molecule has 0 amide bonds. The molecular weight excluding hydrogens is 246 g/mol. The maximum atomic E-state index is 5.95. The first-order valence-electron chi connectivity index (χ1n) is 6.94. The Labute approximate surface area is 112 Å². The minimum absolute atomic E-state index is 0.0350. The summed E-state index contributed by atoms with van der Waals surface area (Å²) >= 11 is 0. The molecule has 2 heterocycles. The zero-order valence-corrected chi connectivity index (χ0v) is 11.3. The smallest absolute Gasteiger partial charge is 0.234 e. The van der Waals surface area contributed by atoms with E-state index in [9.17, 15) is 0 Å². The second kappa shape index (κ2) is 5.19. The lowest BCUT2D eigenvalue weighted by molar-refractivity contribution is 0.0408. The zero-order valence-electron chi connectivity index (χ0n) is 11.3. The number of rotatable bonds is 5. The number of aromatic nitrogens is 2. The minimum Gasteiger partial charge on any atom is -0.381 e. The number of ether oxygens (including phenoxy) is 2. The Morgan fingerprint density at radius 2 is 2.16 bits per heavy atom. The monoisotopic (exact) mass is 267 g/mol. The summed E-state index contributed by atoms with van der Waals surface area (Å²) in [7, 11) is 1.70. The molecule has 0 radical (unpaired) electrons. The molecule has 0 spiro atoms. The Morgan fingerprint density at radius 3 is 2.74 bits per heavy atom. The normalized spacial score (nSPS) is 24.3. The van der Waals surface area contributed by atoms with Crippen molar-refractivity contribution in [2.45, 2.75) is 37.2 Å². The van der Waals surface area contributed by atoms with Crippen molar-refractivity contribution >= 4 is 0 Å². The van der Waals surface area contributed by atoms with Gasteiger partial charge < -0.3 is 19.7 Å². The van der Waals surface area contributed by atoms with Crippen molar-refractivity contribution in [3.8, 4) is 0 Å². The topological polar surface area (TPSA) is 83.4 Å². The van der Waals surface area contributed by atoms with Crippen LogP contribution in [0.4, 0.5) is 0 Å². The molecule has 1 saturated carbocycles. The highest BCUT2D eigenvalue weighted by atomic mass is 16.5. The fraction of sp³-hybridized carbons (Fsp3) is 0.846. The maximum absolute atomic E-state index is 5.95. The standard InChI is InChI=1S/C13H21N3O3/c1-17-10(9-2-3-9)11-15-12(19-16-11)13(8-14)4-6-18-7-5-13/h9-10H,2-8,14H2,1H3. The lowest BCUT2D eigenvalue weighted by atomic mass is 9.80. The molecule has 6 nitrogen and oxygen atoms in total. The van der Waals surface area contributed by atoms with Gasteiger partial charge in [-0.3, -0.25) is 0 Å². The fourth-order valence-corrected chi connectivity index (χ4v) is 2.74. The highest BCUT2D eigenvalue weighted by Gasteiger charge is 2.41. The SMILES string of the molecule is COC(c1noc(C2(CN)CCOCC2)n1)C1CC1. The Bertz CT molecular complexity index is 425. The van der Waals surface area contributed by atoms with E-state index >= 15 is 0 Å². The minimum atomic E-state index is -0.217. The molecule has 6 heteroatoms. The third-order valence-corrected chi connectivity index (χ3v) is 4.29. The summed E-state index contributed by atoms with van der Waals surface area (Å²) in [4.78, 5) is 4.57. The van der Waals surface area contributed by atoms with E-state index in [1.807, 2.05) is 0 Å². The third-order valence-electron chi connectivity index (χ3n) is 4.29. The van der Waals surface area contributed by atoms with Crippen LogP contribution in [-0.2, 0) is 14.9 Å². The molecule has 1 unspecified atom stereocenters. The summed E-state index contributed by atoms with van der Waals surface area (Å²) in [5.74, 6) is 1.86. The van der Waals surface area contributed by atoms with Gasteiger partial charge >= 0.3 is 0 Å². The quantitative estimate of drug-likeness (QED) is 0.862. The van der Waals surface area contributed by atoms with Gasteiger partial charge in [0.25, 0.3) is 0 Å². The summed E-state index contributed by atoms with van der Waals surface area (Å²) in [6, 6.07) is 0. The van der Waals surface area contributed by atoms with Crippen LogP contribution < -0.4 is 5.73 Å². The first kappa shape index (κ1) is 13.0. The lowest BCUT2D eigenvalue weighted by Gasteiger charge is -2.32. The van der Waals surface area contributed by atoms with Gasteiger partial charge in [-0.05, 0) is 31.6 Å². The van der Waals surface area contributed by atoms with Crippen molar-refractivity contribution in [1.82, 2.24) is 10.1 Å². The van der Waals surface area contributed by atoms with Gasteiger partial charge in [-0.15, -0.1) is 0 Å². The average molecular weight is 267 g/mol. The van der Waals surface area contributed by atoms with E-state index in [0.717, 1.165) is 12.8 Å². The molecule has 1 aromatic heterocycles. The van der Waals surface area contributed by atoms with Crippen molar-refractivity contribution in [1.29, 1.82) is 0 Å². The number of nitrogens with two attached hydrogens (primary N) is 1. The molecule has 2 N–H and O–H groups in total. The van der Waals surface area contributed by atoms with Crippen LogP contribution in [0, 0.1) is 5.92 Å². The number of nitrogens with zero attached hydrogens (tertiary/aromatic N) is 2. The van der Waals surface area contributed by atoms with Crippen LogP contribution in [-0.4, -0.2) is 37.0 Å². The molecule has 1 saturated heterocycles. The van der Waals surface area contributed by atoms with Gasteiger partial charge in [-0.2, -0.15) is 4.98 Å². The second-order valence-electron chi connectivity index (χ2n) is 5.55. The number of methoxy groups -OCH3 is 1. The molecule has 1 atom stereocenters. The Hall–Kier alpha value is -0.980. The predicted octanol–water partition coefficient (Wildman–Crippen LogP) is 1.17. The van der Waals surface area contributed by atoms with Crippen LogP contribution in [0.15, 0.2) is 4.52 Å². The fourth-order valence-electron chi connectivity index (χ4n) is 2.74. The Balaban J connectivity index is 1.82. The van der Waals surface area contributed by atoms with E-state index in [-0.39, 0.29) is 11.5 Å². The molecule has 3 rings (SSSR count). The van der Waals surface area contributed by atoms with E-state index < -0.39 is 0 Å². The molecular formula is C13H21N3O3. The van der Waals surface area contributed by atoms with Crippen LogP contribution in [0.5, 0.6) is 0 Å². The molecule has 0 aromatic carbocycles. The van der Waals surface area contributed by atoms with Crippen molar-refractivity contribution in [3.05, 3.63) is 11.7 Å². The van der Waals surface area contributed by atoms with E-state index in [1.54, 1.807) is 7.11 Å². The average Bonchev–Trinajstić information content (AvgIpc) is 3.17. The van der Waals surface area contributed by atoms with Crippen molar-refractivity contribution in [3.63, 3.8) is 0 Å². The summed E-state index contributed by atoms with van der Waals surface area (Å²) in [5, 5.41) is 4.11. The predicted molar refractivity (Wildman–Crippen MR) is 67.6 cm³/mol. The van der Waals surface area contributed by atoms with E-state index in [4.69, 9.17) is 19.7 Å². The molecule has 2 aliphatic rings. The lowest BCUT2D eigenvalue weighted by Crippen LogP contribution is -2.41. The van der Waals surface area contributed by atoms with Gasteiger partial charge in [-0.25, -0.2) is 0 Å². The van der Waals surface area contributed by atoms with E-state index in [1.165, 1.54) is 12.8 Å². The van der Waals surface area contributed by atoms with E-state index in [2.05, 4.69) is 10.1 Å². The number of hydrogen-bond donors (Lipinski definition) is 1. The van der Waals surface area contributed by atoms with Crippen LogP contribution >= 0.6 is 0 Å². The third kappa shape index (κ3) is 2.40. The van der Waals surface area contributed by atoms with Crippen molar-refractivity contribution < 1.29 is 14.0 Å². The molecule has 19 heavy (non-hydrogen) atoms. The van der Waals surface area contributed by atoms with Gasteiger partial charge in [0, 0.05) is 26.9 Å². The van der Waals surface area contributed by atoms with Crippen LogP contribution in [0.25, 0.3) is 0 Å². The number of hydrogen-bond acceptors (Lipinski definition) is 6. The Kier molecular flexibility index (Phi) is 3.56. The highest BCUT2D eigenvalue weighted by molar-refractivity contribution is 5.09. The molecule has 2 fully saturated rings. The first-order valence-corrected chi connectivity index (χ1v) is 6.94. The Morgan fingerprint density at radius 1 is 1.42 bits per heavy atom. The largest absolute Gasteiger partial charge is 0.381 e. The van der Waals surface area contributed by atoms with E-state index in [0.29, 0.717) is 37.4 Å². The molecule has 106 valence electrons. The van der Waals surface area contributed by atoms with Gasteiger partial charge in [0.2, 0.25) is 11.7 Å². The maximum Gasteiger partial charge on any atom is 0.234 e. The first-order chi connectivity index (χ1) is 9.29. The highest BCUT2D eigenvalue weighted by Crippen LogP contribution is 2.42. The summed E-state index contributed by atoms with van der Waals surface area (Å²) < 4.78 is 16.4. The van der Waals surface area contributed by atoms with Gasteiger partial charge in [0.1, 0.15) is 6.10 Å².